The summed E-state index contributed by atoms with van der Waals surface area (Å²) in [6.45, 7) is 0. The summed E-state index contributed by atoms with van der Waals surface area (Å²) in [7, 11) is 1.18. The standard InChI is InChI=1S/C11H10F2O3S/c1-16-10(15)5-7(14)6-17-9-4-2-3-8(12)11(9)13/h2-4H,5-6H2,1H3. The Bertz CT molecular complexity index is 435. The summed E-state index contributed by atoms with van der Waals surface area (Å²) in [5.74, 6) is -3.09. The van der Waals surface area contributed by atoms with Gasteiger partial charge in [0.15, 0.2) is 17.4 Å². The van der Waals surface area contributed by atoms with Gasteiger partial charge in [0.1, 0.15) is 6.42 Å². The summed E-state index contributed by atoms with van der Waals surface area (Å²) in [5.41, 5.74) is 0. The van der Waals surface area contributed by atoms with Crippen molar-refractivity contribution in [1.29, 1.82) is 0 Å². The summed E-state index contributed by atoms with van der Waals surface area (Å²) >= 11 is 0.849. The average Bonchev–Trinajstić information content (AvgIpc) is 2.31. The third kappa shape index (κ3) is 4.14. The first-order valence-electron chi connectivity index (χ1n) is 4.70. The van der Waals surface area contributed by atoms with Crippen LogP contribution in [0.15, 0.2) is 23.1 Å². The first-order chi connectivity index (χ1) is 8.04. The Hall–Kier alpha value is -1.43. The van der Waals surface area contributed by atoms with Gasteiger partial charge < -0.3 is 4.74 Å². The van der Waals surface area contributed by atoms with E-state index in [9.17, 15) is 18.4 Å². The van der Waals surface area contributed by atoms with E-state index in [4.69, 9.17) is 0 Å². The van der Waals surface area contributed by atoms with Gasteiger partial charge in [-0.05, 0) is 12.1 Å². The Balaban J connectivity index is 2.53. The Morgan fingerprint density at radius 1 is 1.35 bits per heavy atom. The molecule has 0 amide bonds. The van der Waals surface area contributed by atoms with Crippen molar-refractivity contribution in [3.05, 3.63) is 29.8 Å². The Labute approximate surface area is 101 Å². The molecule has 0 bridgehead atoms. The van der Waals surface area contributed by atoms with E-state index >= 15 is 0 Å². The van der Waals surface area contributed by atoms with Crippen LogP contribution in [0.4, 0.5) is 8.78 Å². The van der Waals surface area contributed by atoms with Gasteiger partial charge >= 0.3 is 5.97 Å². The van der Waals surface area contributed by atoms with Crippen molar-refractivity contribution in [2.24, 2.45) is 0 Å². The zero-order valence-corrected chi connectivity index (χ0v) is 9.85. The van der Waals surface area contributed by atoms with Gasteiger partial charge in [0, 0.05) is 4.90 Å². The molecule has 0 saturated carbocycles. The molecule has 0 aliphatic carbocycles. The Morgan fingerprint density at radius 3 is 2.71 bits per heavy atom. The van der Waals surface area contributed by atoms with E-state index in [1.165, 1.54) is 19.2 Å². The van der Waals surface area contributed by atoms with Crippen molar-refractivity contribution in [3.63, 3.8) is 0 Å². The second-order valence-electron chi connectivity index (χ2n) is 3.13. The smallest absolute Gasteiger partial charge is 0.313 e. The summed E-state index contributed by atoms with van der Waals surface area (Å²) in [5, 5.41) is 0. The number of rotatable bonds is 5. The molecule has 0 heterocycles. The highest BCUT2D eigenvalue weighted by molar-refractivity contribution is 8.00. The maximum absolute atomic E-state index is 13.2. The summed E-state index contributed by atoms with van der Waals surface area (Å²) in [4.78, 5) is 22.1. The SMILES string of the molecule is COC(=O)CC(=O)CSc1cccc(F)c1F. The van der Waals surface area contributed by atoms with E-state index in [0.717, 1.165) is 17.8 Å². The van der Waals surface area contributed by atoms with Crippen LogP contribution in [0.5, 0.6) is 0 Å². The summed E-state index contributed by atoms with van der Waals surface area (Å²) in [6.07, 6.45) is -0.361. The number of ketones is 1. The molecule has 0 N–H and O–H groups in total. The first-order valence-corrected chi connectivity index (χ1v) is 5.68. The summed E-state index contributed by atoms with van der Waals surface area (Å²) < 4.78 is 30.3. The quantitative estimate of drug-likeness (QED) is 0.462. The fourth-order valence-corrected chi connectivity index (χ4v) is 1.86. The number of hydrogen-bond acceptors (Lipinski definition) is 4. The molecule has 92 valence electrons. The molecule has 0 saturated heterocycles. The lowest BCUT2D eigenvalue weighted by molar-refractivity contribution is -0.142. The molecular weight excluding hydrogens is 250 g/mol. The second kappa shape index (κ2) is 6.34. The number of esters is 1. The molecule has 0 atom stereocenters. The van der Waals surface area contributed by atoms with Crippen LogP contribution in [0.25, 0.3) is 0 Å². The zero-order valence-electron chi connectivity index (χ0n) is 9.04. The van der Waals surface area contributed by atoms with Gasteiger partial charge in [0.05, 0.1) is 12.9 Å². The maximum atomic E-state index is 13.2. The lowest BCUT2D eigenvalue weighted by Crippen LogP contribution is -2.11. The second-order valence-corrected chi connectivity index (χ2v) is 4.15. The molecule has 0 aliphatic heterocycles. The van der Waals surface area contributed by atoms with Crippen molar-refractivity contribution >= 4 is 23.5 Å². The van der Waals surface area contributed by atoms with E-state index in [0.29, 0.717) is 0 Å². The van der Waals surface area contributed by atoms with Crippen LogP contribution in [-0.4, -0.2) is 24.6 Å². The fourth-order valence-electron chi connectivity index (χ4n) is 1.04. The van der Waals surface area contributed by atoms with Crippen LogP contribution in [0.2, 0.25) is 0 Å². The third-order valence-corrected chi connectivity index (χ3v) is 2.97. The largest absolute Gasteiger partial charge is 0.469 e. The van der Waals surface area contributed by atoms with E-state index in [1.807, 2.05) is 0 Å². The lowest BCUT2D eigenvalue weighted by atomic mass is 10.3. The number of Topliss-reactive ketones (excluding diaryl/α,β-unsaturated/α-hetero) is 1. The average molecular weight is 260 g/mol. The number of carbonyl (C=O) groups excluding carboxylic acids is 2. The maximum Gasteiger partial charge on any atom is 0.313 e. The number of benzene rings is 1. The van der Waals surface area contributed by atoms with Crippen molar-refractivity contribution in [2.75, 3.05) is 12.9 Å². The molecule has 0 fully saturated rings. The third-order valence-electron chi connectivity index (χ3n) is 1.87. The highest BCUT2D eigenvalue weighted by Crippen LogP contribution is 2.23. The first kappa shape index (κ1) is 13.6. The van der Waals surface area contributed by atoms with E-state index in [2.05, 4.69) is 4.74 Å². The van der Waals surface area contributed by atoms with Crippen LogP contribution in [0, 0.1) is 11.6 Å². The van der Waals surface area contributed by atoms with Gasteiger partial charge in [-0.2, -0.15) is 0 Å². The number of hydrogen-bond donors (Lipinski definition) is 0. The van der Waals surface area contributed by atoms with Crippen LogP contribution in [0.3, 0.4) is 0 Å². The molecule has 17 heavy (non-hydrogen) atoms. The number of halogens is 2. The van der Waals surface area contributed by atoms with E-state index in [-0.39, 0.29) is 17.1 Å². The van der Waals surface area contributed by atoms with Crippen molar-refractivity contribution < 1.29 is 23.1 Å². The molecule has 6 heteroatoms. The predicted molar refractivity (Wildman–Crippen MR) is 58.7 cm³/mol. The highest BCUT2D eigenvalue weighted by Gasteiger charge is 2.13. The van der Waals surface area contributed by atoms with Gasteiger partial charge in [-0.3, -0.25) is 9.59 Å². The van der Waals surface area contributed by atoms with Crippen LogP contribution in [0.1, 0.15) is 6.42 Å². The number of carbonyl (C=O) groups is 2. The monoisotopic (exact) mass is 260 g/mol. The van der Waals surface area contributed by atoms with Crippen LogP contribution < -0.4 is 0 Å². The molecular formula is C11H10F2O3S. The summed E-state index contributed by atoms with van der Waals surface area (Å²) in [6, 6.07) is 3.72. The predicted octanol–water partition coefficient (Wildman–Crippen LogP) is 2.19. The van der Waals surface area contributed by atoms with Gasteiger partial charge in [-0.15, -0.1) is 11.8 Å². The van der Waals surface area contributed by atoms with Gasteiger partial charge in [0.25, 0.3) is 0 Å². The minimum Gasteiger partial charge on any atom is -0.469 e. The molecule has 0 spiro atoms. The molecule has 0 unspecified atom stereocenters. The molecule has 0 aliphatic rings. The topological polar surface area (TPSA) is 43.4 Å². The van der Waals surface area contributed by atoms with Crippen molar-refractivity contribution in [2.45, 2.75) is 11.3 Å². The normalized spacial score (nSPS) is 10.1. The van der Waals surface area contributed by atoms with Gasteiger partial charge in [0.2, 0.25) is 0 Å². The Morgan fingerprint density at radius 2 is 2.06 bits per heavy atom. The minimum absolute atomic E-state index is 0.0446. The van der Waals surface area contributed by atoms with E-state index in [1.54, 1.807) is 0 Å². The van der Waals surface area contributed by atoms with Crippen molar-refractivity contribution in [1.82, 2.24) is 0 Å². The molecule has 1 aromatic rings. The fraction of sp³-hybridized carbons (Fsp3) is 0.273. The minimum atomic E-state index is -0.983. The number of methoxy groups -OCH3 is 1. The molecule has 1 aromatic carbocycles. The highest BCUT2D eigenvalue weighted by atomic mass is 32.2. The number of ether oxygens (including phenoxy) is 1. The Kier molecular flexibility index (Phi) is 5.09. The van der Waals surface area contributed by atoms with Crippen LogP contribution >= 0.6 is 11.8 Å². The molecule has 3 nitrogen and oxygen atoms in total. The molecule has 1 rings (SSSR count). The zero-order chi connectivity index (χ0) is 12.8. The molecule has 0 aromatic heterocycles. The van der Waals surface area contributed by atoms with Crippen molar-refractivity contribution in [3.8, 4) is 0 Å². The van der Waals surface area contributed by atoms with E-state index < -0.39 is 23.4 Å². The number of thioether (sulfide) groups is 1. The lowest BCUT2D eigenvalue weighted by Gasteiger charge is -2.02. The van der Waals surface area contributed by atoms with Gasteiger partial charge in [-0.1, -0.05) is 6.07 Å². The van der Waals surface area contributed by atoms with Crippen LogP contribution in [-0.2, 0) is 14.3 Å². The molecule has 0 radical (unpaired) electrons. The van der Waals surface area contributed by atoms with Gasteiger partial charge in [-0.25, -0.2) is 8.78 Å².